The van der Waals surface area contributed by atoms with Crippen LogP contribution in [0.15, 0.2) is 18.2 Å². The molecule has 0 radical (unpaired) electrons. The fourth-order valence-electron chi connectivity index (χ4n) is 3.82. The fraction of sp³-hybridized carbons (Fsp3) is 0.750. The molecule has 0 aromatic heterocycles. The number of hydrogen-bond acceptors (Lipinski definition) is 2. The van der Waals surface area contributed by atoms with Gasteiger partial charge in [-0.2, -0.15) is 0 Å². The molecule has 35 heavy (non-hydrogen) atoms. The van der Waals surface area contributed by atoms with Crippen molar-refractivity contribution in [1.29, 1.82) is 0 Å². The van der Waals surface area contributed by atoms with Crippen LogP contribution < -0.4 is 2.81 Å². The third-order valence-corrected chi connectivity index (χ3v) is 6.94. The molecule has 1 aromatic rings. The number of rotatable bonds is 16. The quantitative estimate of drug-likeness (QED) is 0.0539. The van der Waals surface area contributed by atoms with Crippen LogP contribution >= 0.6 is 38.1 Å². The number of hydrogen-bond donors (Lipinski definition) is 6. The van der Waals surface area contributed by atoms with Crippen LogP contribution in [-0.2, 0) is 22.0 Å². The summed E-state index contributed by atoms with van der Waals surface area (Å²) in [5.41, 5.74) is 3.33. The predicted molar refractivity (Wildman–Crippen MR) is 157 cm³/mol. The van der Waals surface area contributed by atoms with Crippen LogP contribution in [0.25, 0.3) is 0 Å². The minimum atomic E-state index is -3.94. The second-order valence-corrected chi connectivity index (χ2v) is 15.1. The molecule has 202 valence electrons. The van der Waals surface area contributed by atoms with Crippen LogP contribution in [0, 0.1) is 0 Å². The van der Waals surface area contributed by atoms with Crippen LogP contribution in [0.5, 0.6) is 0 Å². The van der Waals surface area contributed by atoms with Gasteiger partial charge in [-0.1, -0.05) is 24.5 Å². The van der Waals surface area contributed by atoms with E-state index in [0.29, 0.717) is 0 Å². The molecule has 1 aromatic carbocycles. The van der Waals surface area contributed by atoms with Gasteiger partial charge in [0.25, 0.3) is 0 Å². The van der Waals surface area contributed by atoms with Gasteiger partial charge < -0.3 is 19.6 Å². The van der Waals surface area contributed by atoms with Crippen LogP contribution in [0.4, 0.5) is 0 Å². The van der Waals surface area contributed by atoms with E-state index in [2.05, 4.69) is 56.5 Å². The molecule has 0 spiro atoms. The first-order valence-electron chi connectivity index (χ1n) is 12.9. The van der Waals surface area contributed by atoms with Crippen molar-refractivity contribution in [2.45, 2.75) is 117 Å². The van der Waals surface area contributed by atoms with Gasteiger partial charge in [-0.15, -0.1) is 0 Å². The largest absolute Gasteiger partial charge is 0.380 e. The molecule has 0 saturated heterocycles. The summed E-state index contributed by atoms with van der Waals surface area (Å²) in [5, 5.41) is 0. The Morgan fingerprint density at radius 1 is 0.629 bits per heavy atom. The first-order chi connectivity index (χ1) is 16.3. The van der Waals surface area contributed by atoms with Crippen molar-refractivity contribution in [3.8, 4) is 0 Å². The molecule has 1 rings (SSSR count). The molecule has 6 nitrogen and oxygen atoms in total. The Hall–Kier alpha value is 1.22. The molecule has 0 atom stereocenters. The van der Waals surface area contributed by atoms with E-state index in [9.17, 15) is 9.13 Å². The van der Waals surface area contributed by atoms with Gasteiger partial charge in [0, 0.05) is 0 Å². The van der Waals surface area contributed by atoms with E-state index < -0.39 is 13.6 Å². The van der Waals surface area contributed by atoms with Crippen molar-refractivity contribution in [3.63, 3.8) is 0 Å². The van der Waals surface area contributed by atoms with Crippen molar-refractivity contribution < 1.29 is 28.7 Å². The monoisotopic (exact) mass is 580 g/mol. The minimum Gasteiger partial charge on any atom is -0.317 e. The molecule has 0 unspecified atom stereocenters. The molecule has 0 aliphatic heterocycles. The average Bonchev–Trinajstić information content (AvgIpc) is 2.72. The Labute approximate surface area is 241 Å². The maximum absolute atomic E-state index is 9.19. The van der Waals surface area contributed by atoms with E-state index in [0.717, 1.165) is 0 Å². The summed E-state index contributed by atoms with van der Waals surface area (Å²) < 4.78 is 20.1. The van der Waals surface area contributed by atoms with Gasteiger partial charge in [-0.3, -0.25) is 0 Å². The molecule has 0 heterocycles. The fourth-order valence-corrected chi connectivity index (χ4v) is 4.66. The third kappa shape index (κ3) is 35.2. The van der Waals surface area contributed by atoms with Crippen LogP contribution in [-0.4, -0.2) is 47.5 Å². The zero-order chi connectivity index (χ0) is 27.2. The zero-order valence-corrected chi connectivity index (χ0v) is 27.5. The Balaban J connectivity index is 0. The molecule has 0 amide bonds. The standard InChI is InChI=1S/C24H41.Na.2H3O3PS/c1-3-5-7-9-11-13-15-18-23-20-17-21-24(22-23)19-16-14-12-10-8-6-4-2;;2*1-4(2,3)5/h17,20-21H,3-16,18-19H2,1-2H3;;2*(H3,1,2,3,5). The molecule has 0 saturated carbocycles. The number of unbranched alkanes of at least 4 members (excludes halogenated alkanes) is 12. The van der Waals surface area contributed by atoms with E-state index >= 15 is 0 Å². The second-order valence-electron chi connectivity index (χ2n) is 8.97. The SMILES string of the molecule is CCCCCCCCCc1cccc(CCCCCCCCC)[c]1[Na].O=P(O)(O)S.O=P(O)(O)S. The molecule has 4 N–H and O–H groups in total. The summed E-state index contributed by atoms with van der Waals surface area (Å²) in [6.45, 7) is -3.29. The Kier molecular flexibility index (Phi) is 26.6. The third-order valence-electron chi connectivity index (χ3n) is 5.66. The molecule has 0 aliphatic rings. The van der Waals surface area contributed by atoms with Crippen molar-refractivity contribution in [3.05, 3.63) is 29.3 Å². The smallest absolute Gasteiger partial charge is 0.317 e. The van der Waals surface area contributed by atoms with E-state index in [1.54, 1.807) is 13.9 Å². The molecule has 0 fully saturated rings. The minimum absolute atomic E-state index is 1.22. The summed E-state index contributed by atoms with van der Waals surface area (Å²) >= 11 is 6.80. The topological polar surface area (TPSA) is 115 Å². The first kappa shape index (κ1) is 38.4. The Bertz CT molecular complexity index is 655. The number of benzene rings is 1. The maximum atomic E-state index is 9.19. The summed E-state index contributed by atoms with van der Waals surface area (Å²) in [6.07, 6.45) is 22.5. The molecular weight excluding hydrogens is 533 g/mol. The summed E-state index contributed by atoms with van der Waals surface area (Å²) in [4.78, 5) is 30.0. The Morgan fingerprint density at radius 3 is 1.17 bits per heavy atom. The van der Waals surface area contributed by atoms with Crippen LogP contribution in [0.3, 0.4) is 0 Å². The molecule has 11 heteroatoms. The van der Waals surface area contributed by atoms with Gasteiger partial charge in [-0.05, 0) is 0 Å². The summed E-state index contributed by atoms with van der Waals surface area (Å²) in [5.74, 6) is 0. The first-order valence-corrected chi connectivity index (χ1v) is 19.5. The van der Waals surface area contributed by atoms with Crippen molar-refractivity contribution in [2.24, 2.45) is 0 Å². The normalized spacial score (nSPS) is 11.4. The predicted octanol–water partition coefficient (Wildman–Crippen LogP) is 7.08. The van der Waals surface area contributed by atoms with Gasteiger partial charge >= 0.3 is 190 Å². The van der Waals surface area contributed by atoms with Gasteiger partial charge in [0.1, 0.15) is 0 Å². The molecule has 0 bridgehead atoms. The summed E-state index contributed by atoms with van der Waals surface area (Å²) in [7, 11) is 0. The van der Waals surface area contributed by atoms with E-state index in [4.69, 9.17) is 19.6 Å². The van der Waals surface area contributed by atoms with E-state index in [-0.39, 0.29) is 0 Å². The zero-order valence-electron chi connectivity index (χ0n) is 21.9. The maximum Gasteiger partial charge on any atom is 0.380 e. The van der Waals surface area contributed by atoms with Crippen molar-refractivity contribution in [2.75, 3.05) is 0 Å². The second kappa shape index (κ2) is 24.3. The van der Waals surface area contributed by atoms with Crippen LogP contribution in [0.1, 0.15) is 115 Å². The Morgan fingerprint density at radius 2 is 0.886 bits per heavy atom. The van der Waals surface area contributed by atoms with Crippen molar-refractivity contribution in [1.82, 2.24) is 0 Å². The van der Waals surface area contributed by atoms with Crippen LogP contribution in [0.2, 0.25) is 0 Å². The van der Waals surface area contributed by atoms with E-state index in [1.807, 2.05) is 0 Å². The van der Waals surface area contributed by atoms with Gasteiger partial charge in [0.2, 0.25) is 0 Å². The van der Waals surface area contributed by atoms with Gasteiger partial charge in [-0.25, -0.2) is 9.13 Å². The van der Waals surface area contributed by atoms with Gasteiger partial charge in [0.05, 0.1) is 0 Å². The number of aryl methyl sites for hydroxylation is 2. The average molecular weight is 581 g/mol. The molecular formula is C24H47NaO6P2S2. The van der Waals surface area contributed by atoms with E-state index in [1.165, 1.54) is 131 Å². The molecule has 0 aliphatic carbocycles. The van der Waals surface area contributed by atoms with Crippen molar-refractivity contribution >= 4 is 68.8 Å². The summed E-state index contributed by atoms with van der Waals surface area (Å²) in [6, 6.07) is 7.11. The van der Waals surface area contributed by atoms with Gasteiger partial charge in [0.15, 0.2) is 0 Å². The number of thiol groups is 2.